The largest absolute Gasteiger partial charge is 1.00 e. The molecule has 1 nitrogen and oxygen atoms in total. The van der Waals surface area contributed by atoms with Gasteiger partial charge in [-0.25, -0.2) is 4.37 Å². The van der Waals surface area contributed by atoms with Crippen LogP contribution in [0.1, 0.15) is 4.88 Å². The van der Waals surface area contributed by atoms with Crippen LogP contribution in [0.5, 0.6) is 0 Å². The van der Waals surface area contributed by atoms with E-state index in [0.717, 1.165) is 4.88 Å². The van der Waals surface area contributed by atoms with Crippen molar-refractivity contribution >= 4 is 11.5 Å². The van der Waals surface area contributed by atoms with Crippen LogP contribution in [0, 0.1) is 13.0 Å². The van der Waals surface area contributed by atoms with Gasteiger partial charge in [0.2, 0.25) is 0 Å². The van der Waals surface area contributed by atoms with Crippen molar-refractivity contribution in [2.24, 2.45) is 0 Å². The van der Waals surface area contributed by atoms with Crippen LogP contribution in [0.4, 0.5) is 0 Å². The Labute approximate surface area is 89.7 Å². The second-order valence-electron chi connectivity index (χ2n) is 1.03. The van der Waals surface area contributed by atoms with Crippen molar-refractivity contribution in [3.05, 3.63) is 17.1 Å². The summed E-state index contributed by atoms with van der Waals surface area (Å²) in [5, 5.41) is 0. The Kier molecular flexibility index (Phi) is 4.93. The Bertz CT molecular complexity index is 115. The van der Waals surface area contributed by atoms with Gasteiger partial charge in [-0.1, -0.05) is 18.5 Å². The zero-order valence-electron chi connectivity index (χ0n) is 4.43. The molecule has 0 N–H and O–H groups in total. The molecule has 0 atom stereocenters. The quantitative estimate of drug-likeness (QED) is 0.305. The predicted molar refractivity (Wildman–Crippen MR) is 25.7 cm³/mol. The third-order valence-corrected chi connectivity index (χ3v) is 1.11. The zero-order valence-corrected chi connectivity index (χ0v) is 8.37. The van der Waals surface area contributed by atoms with Gasteiger partial charge in [0.25, 0.3) is 0 Å². The fourth-order valence-corrected chi connectivity index (χ4v) is 0.618. The van der Waals surface area contributed by atoms with E-state index in [9.17, 15) is 0 Å². The Balaban J connectivity index is 0.000000360. The van der Waals surface area contributed by atoms with Crippen LogP contribution in [0.25, 0.3) is 0 Å². The van der Waals surface area contributed by atoms with E-state index in [1.54, 1.807) is 6.20 Å². The molecule has 0 fully saturated rings. The van der Waals surface area contributed by atoms with Crippen molar-refractivity contribution in [2.75, 3.05) is 0 Å². The van der Waals surface area contributed by atoms with Gasteiger partial charge in [0.05, 0.1) is 0 Å². The first-order valence-electron chi connectivity index (χ1n) is 1.68. The topological polar surface area (TPSA) is 12.9 Å². The van der Waals surface area contributed by atoms with Crippen LogP contribution in [0.2, 0.25) is 0 Å². The molecule has 0 spiro atoms. The molecule has 0 radical (unpaired) electrons. The first kappa shape index (κ1) is 8.27. The van der Waals surface area contributed by atoms with E-state index in [1.165, 1.54) is 11.5 Å². The van der Waals surface area contributed by atoms with Crippen LogP contribution in [-0.4, -0.2) is 4.37 Å². The molecule has 0 unspecified atom stereocenters. The zero-order chi connectivity index (χ0) is 4.41. The molecular formula is C4H4KNS. The van der Waals surface area contributed by atoms with E-state index >= 15 is 0 Å². The van der Waals surface area contributed by atoms with Gasteiger partial charge in [0.15, 0.2) is 0 Å². The minimum atomic E-state index is 0. The number of aromatic nitrogens is 1. The van der Waals surface area contributed by atoms with Crippen molar-refractivity contribution in [3.63, 3.8) is 0 Å². The summed E-state index contributed by atoms with van der Waals surface area (Å²) < 4.78 is 3.81. The average molecular weight is 137 g/mol. The normalized spacial score (nSPS) is 7.57. The molecule has 0 aliphatic rings. The number of hydrogen-bond acceptors (Lipinski definition) is 2. The van der Waals surface area contributed by atoms with E-state index in [0.29, 0.717) is 0 Å². The third kappa shape index (κ3) is 2.95. The molecule has 0 amide bonds. The van der Waals surface area contributed by atoms with Crippen molar-refractivity contribution in [3.8, 4) is 0 Å². The fraction of sp³-hybridized carbons (Fsp3) is 0.250. The first-order valence-corrected chi connectivity index (χ1v) is 2.46. The molecule has 0 bridgehead atoms. The number of rotatable bonds is 0. The fourth-order valence-electron chi connectivity index (χ4n) is 0.249. The smallest absolute Gasteiger partial charge is 0.437 e. The maximum Gasteiger partial charge on any atom is 1.00 e. The van der Waals surface area contributed by atoms with Gasteiger partial charge in [-0.05, 0) is 0 Å². The van der Waals surface area contributed by atoms with Crippen molar-refractivity contribution < 1.29 is 51.4 Å². The Hall–Kier alpha value is 1.27. The van der Waals surface area contributed by atoms with Gasteiger partial charge < -0.3 is 6.07 Å². The molecule has 1 aromatic heterocycles. The van der Waals surface area contributed by atoms with Crippen LogP contribution in [-0.2, 0) is 0 Å². The summed E-state index contributed by atoms with van der Waals surface area (Å²) in [4.78, 5) is 1.15. The Morgan fingerprint density at radius 3 is 2.71 bits per heavy atom. The first-order chi connectivity index (χ1) is 2.89. The second kappa shape index (κ2) is 4.18. The van der Waals surface area contributed by atoms with Crippen molar-refractivity contribution in [2.45, 2.75) is 6.92 Å². The summed E-state index contributed by atoms with van der Waals surface area (Å²) in [6.45, 7) is 1.98. The molecule has 0 aromatic carbocycles. The van der Waals surface area contributed by atoms with E-state index in [-0.39, 0.29) is 51.4 Å². The molecule has 1 aromatic rings. The SMILES string of the molecule is Cc1[c-]cns1.[K+]. The number of nitrogens with zero attached hydrogens (tertiary/aromatic N) is 1. The minimum absolute atomic E-state index is 0. The van der Waals surface area contributed by atoms with Gasteiger partial charge in [0.1, 0.15) is 0 Å². The summed E-state index contributed by atoms with van der Waals surface area (Å²) in [6.07, 6.45) is 1.68. The van der Waals surface area contributed by atoms with E-state index in [1.807, 2.05) is 6.92 Å². The second-order valence-corrected chi connectivity index (χ2v) is 2.03. The summed E-state index contributed by atoms with van der Waals surface area (Å²) in [5.74, 6) is 0. The maximum atomic E-state index is 3.81. The van der Waals surface area contributed by atoms with Gasteiger partial charge in [-0.15, -0.1) is 6.20 Å². The molecule has 0 saturated heterocycles. The van der Waals surface area contributed by atoms with E-state index in [4.69, 9.17) is 0 Å². The standard InChI is InChI=1S/C4H4NS.K/c1-4-2-3-5-6-4;/h3H,1H3;/q-1;+1. The van der Waals surface area contributed by atoms with Crippen LogP contribution in [0.3, 0.4) is 0 Å². The molecule has 1 heterocycles. The van der Waals surface area contributed by atoms with Gasteiger partial charge in [0, 0.05) is 0 Å². The Morgan fingerprint density at radius 2 is 2.57 bits per heavy atom. The van der Waals surface area contributed by atoms with E-state index in [2.05, 4.69) is 10.4 Å². The van der Waals surface area contributed by atoms with E-state index < -0.39 is 0 Å². The molecule has 0 aliphatic carbocycles. The molecule has 3 heteroatoms. The minimum Gasteiger partial charge on any atom is -0.437 e. The summed E-state index contributed by atoms with van der Waals surface area (Å²) >= 11 is 1.47. The third-order valence-electron chi connectivity index (χ3n) is 0.510. The van der Waals surface area contributed by atoms with Crippen LogP contribution in [0.15, 0.2) is 6.20 Å². The summed E-state index contributed by atoms with van der Waals surface area (Å²) in [7, 11) is 0. The molecule has 0 aliphatic heterocycles. The summed E-state index contributed by atoms with van der Waals surface area (Å²) in [5.41, 5.74) is 0. The number of hydrogen-bond donors (Lipinski definition) is 0. The number of aryl methyl sites for hydroxylation is 1. The predicted octanol–water partition coefficient (Wildman–Crippen LogP) is -1.74. The van der Waals surface area contributed by atoms with Crippen molar-refractivity contribution in [1.82, 2.24) is 4.37 Å². The maximum absolute atomic E-state index is 3.81. The monoisotopic (exact) mass is 137 g/mol. The molecule has 32 valence electrons. The Morgan fingerprint density at radius 1 is 1.86 bits per heavy atom. The van der Waals surface area contributed by atoms with Crippen molar-refractivity contribution in [1.29, 1.82) is 0 Å². The molecule has 7 heavy (non-hydrogen) atoms. The van der Waals surface area contributed by atoms with Gasteiger partial charge >= 0.3 is 51.4 Å². The van der Waals surface area contributed by atoms with Crippen LogP contribution >= 0.6 is 11.5 Å². The summed E-state index contributed by atoms with van der Waals surface area (Å²) in [6, 6.07) is 2.91. The van der Waals surface area contributed by atoms with Gasteiger partial charge in [-0.2, -0.15) is 4.88 Å². The molecule has 1 rings (SSSR count). The molecule has 0 saturated carbocycles. The van der Waals surface area contributed by atoms with Crippen LogP contribution < -0.4 is 51.4 Å². The molecular weight excluding hydrogens is 133 g/mol. The van der Waals surface area contributed by atoms with Gasteiger partial charge in [-0.3, -0.25) is 0 Å². The average Bonchev–Trinajstić information content (AvgIpc) is 1.86.